The van der Waals surface area contributed by atoms with Crippen molar-refractivity contribution in [2.24, 2.45) is 13.0 Å². The van der Waals surface area contributed by atoms with E-state index in [9.17, 15) is 18.0 Å². The molecule has 1 N–H and O–H groups in total. The highest BCUT2D eigenvalue weighted by Crippen LogP contribution is 2.48. The second kappa shape index (κ2) is 7.30. The van der Waals surface area contributed by atoms with Crippen molar-refractivity contribution in [3.05, 3.63) is 35.2 Å². The number of nitrogens with one attached hydrogen (secondary N) is 1. The predicted molar refractivity (Wildman–Crippen MR) is 91.1 cm³/mol. The van der Waals surface area contributed by atoms with Crippen molar-refractivity contribution < 1.29 is 22.7 Å². The van der Waals surface area contributed by atoms with Crippen molar-refractivity contribution in [1.82, 2.24) is 14.9 Å². The summed E-state index contributed by atoms with van der Waals surface area (Å²) in [6.45, 7) is 0.490. The molecule has 0 bridgehead atoms. The van der Waals surface area contributed by atoms with E-state index in [2.05, 4.69) is 10.3 Å². The smallest absolute Gasteiger partial charge is 0.422 e. The highest BCUT2D eigenvalue weighted by Gasteiger charge is 2.42. The Labute approximate surface area is 153 Å². The number of amides is 1. The number of aromatic nitrogens is 2. The number of imidazole rings is 1. The Morgan fingerprint density at radius 1 is 1.50 bits per heavy atom. The molecule has 5 nitrogen and oxygen atoms in total. The van der Waals surface area contributed by atoms with Crippen LogP contribution in [0.5, 0.6) is 5.06 Å². The van der Waals surface area contributed by atoms with E-state index in [1.54, 1.807) is 19.2 Å². The molecule has 3 atom stereocenters. The van der Waals surface area contributed by atoms with E-state index in [0.29, 0.717) is 12.3 Å². The van der Waals surface area contributed by atoms with Crippen molar-refractivity contribution in [2.45, 2.75) is 37.9 Å². The summed E-state index contributed by atoms with van der Waals surface area (Å²) in [5, 5.41) is 3.09. The maximum atomic E-state index is 12.2. The van der Waals surface area contributed by atoms with E-state index in [4.69, 9.17) is 4.74 Å². The third-order valence-corrected chi connectivity index (χ3v) is 5.53. The maximum absolute atomic E-state index is 12.2. The van der Waals surface area contributed by atoms with Gasteiger partial charge in [-0.1, -0.05) is 0 Å². The predicted octanol–water partition coefficient (Wildman–Crippen LogP) is 3.79. The number of rotatable bonds is 7. The van der Waals surface area contributed by atoms with Crippen LogP contribution in [-0.4, -0.2) is 28.2 Å². The Balaban J connectivity index is 1.46. The zero-order chi connectivity index (χ0) is 18.9. The van der Waals surface area contributed by atoms with Crippen molar-refractivity contribution in [3.8, 4) is 5.06 Å². The van der Waals surface area contributed by atoms with Gasteiger partial charge in [0.25, 0.3) is 0 Å². The van der Waals surface area contributed by atoms with Gasteiger partial charge < -0.3 is 14.6 Å². The molecule has 1 aliphatic carbocycles. The van der Waals surface area contributed by atoms with Crippen molar-refractivity contribution in [1.29, 1.82) is 0 Å². The van der Waals surface area contributed by atoms with Gasteiger partial charge in [0, 0.05) is 36.7 Å². The van der Waals surface area contributed by atoms with Gasteiger partial charge in [-0.2, -0.15) is 13.2 Å². The molecule has 0 unspecified atom stereocenters. The molecule has 1 aliphatic rings. The molecule has 1 amide bonds. The molecule has 0 aromatic carbocycles. The van der Waals surface area contributed by atoms with Crippen LogP contribution in [0.1, 0.15) is 42.4 Å². The Kier molecular flexibility index (Phi) is 5.27. The zero-order valence-corrected chi connectivity index (χ0v) is 15.2. The van der Waals surface area contributed by atoms with Crippen LogP contribution in [0.2, 0.25) is 0 Å². The maximum Gasteiger partial charge on any atom is 0.422 e. The number of aryl methyl sites for hydroxylation is 1. The van der Waals surface area contributed by atoms with E-state index < -0.39 is 12.8 Å². The van der Waals surface area contributed by atoms with Crippen molar-refractivity contribution in [2.75, 3.05) is 6.61 Å². The normalized spacial score (nSPS) is 20.7. The van der Waals surface area contributed by atoms with Gasteiger partial charge in [-0.05, 0) is 31.4 Å². The first-order chi connectivity index (χ1) is 12.2. The average molecular weight is 387 g/mol. The van der Waals surface area contributed by atoms with Crippen LogP contribution < -0.4 is 10.1 Å². The third-order valence-electron chi connectivity index (χ3n) is 4.34. The SMILES string of the molecule is C[C@@H](NC(=O)C[C@@H]1C[C@H]1c1nccn1C)c1ccc(OCC(F)(F)F)s1. The average Bonchev–Trinajstić information content (AvgIpc) is 2.97. The summed E-state index contributed by atoms with van der Waals surface area (Å²) in [5.41, 5.74) is 0. The second-order valence-corrected chi connectivity index (χ2v) is 7.63. The van der Waals surface area contributed by atoms with Gasteiger partial charge in [-0.15, -0.1) is 11.3 Å². The number of ether oxygens (including phenoxy) is 1. The number of nitrogens with zero attached hydrogens (tertiary/aromatic N) is 2. The number of halogens is 3. The zero-order valence-electron chi connectivity index (χ0n) is 14.4. The van der Waals surface area contributed by atoms with Crippen molar-refractivity contribution in [3.63, 3.8) is 0 Å². The Hall–Kier alpha value is -2.03. The Morgan fingerprint density at radius 2 is 2.27 bits per heavy atom. The second-order valence-electron chi connectivity index (χ2n) is 6.55. The minimum Gasteiger partial charge on any atom is -0.475 e. The Bertz CT molecular complexity index is 771. The first-order valence-electron chi connectivity index (χ1n) is 8.29. The van der Waals surface area contributed by atoms with Crippen LogP contribution in [0.4, 0.5) is 13.2 Å². The van der Waals surface area contributed by atoms with Crippen molar-refractivity contribution >= 4 is 17.2 Å². The molecule has 1 saturated carbocycles. The fourth-order valence-electron chi connectivity index (χ4n) is 2.93. The molecule has 0 saturated heterocycles. The number of alkyl halides is 3. The lowest BCUT2D eigenvalue weighted by molar-refractivity contribution is -0.152. The Morgan fingerprint density at radius 3 is 2.92 bits per heavy atom. The van der Waals surface area contributed by atoms with Gasteiger partial charge in [0.05, 0.1) is 6.04 Å². The van der Waals surface area contributed by atoms with Crippen LogP contribution in [-0.2, 0) is 11.8 Å². The minimum atomic E-state index is -4.36. The first kappa shape index (κ1) is 18.8. The summed E-state index contributed by atoms with van der Waals surface area (Å²) in [6, 6.07) is 2.89. The molecule has 142 valence electrons. The van der Waals surface area contributed by atoms with Gasteiger partial charge in [-0.25, -0.2) is 4.98 Å². The monoisotopic (exact) mass is 387 g/mol. The highest BCUT2D eigenvalue weighted by molar-refractivity contribution is 7.13. The van der Waals surface area contributed by atoms with Gasteiger partial charge in [-0.3, -0.25) is 4.79 Å². The molecule has 2 aromatic rings. The lowest BCUT2D eigenvalue weighted by Gasteiger charge is -2.12. The topological polar surface area (TPSA) is 56.2 Å². The lowest BCUT2D eigenvalue weighted by Crippen LogP contribution is -2.26. The number of carbonyl (C=O) groups excluding carboxylic acids is 1. The summed E-state index contributed by atoms with van der Waals surface area (Å²) >= 11 is 1.11. The van der Waals surface area contributed by atoms with Gasteiger partial charge in [0.2, 0.25) is 5.91 Å². The largest absolute Gasteiger partial charge is 0.475 e. The summed E-state index contributed by atoms with van der Waals surface area (Å²) in [4.78, 5) is 17.3. The van der Waals surface area contributed by atoms with Crippen LogP contribution in [0, 0.1) is 5.92 Å². The molecule has 0 spiro atoms. The van der Waals surface area contributed by atoms with Gasteiger partial charge >= 0.3 is 6.18 Å². The van der Waals surface area contributed by atoms with Crippen LogP contribution in [0.3, 0.4) is 0 Å². The van der Waals surface area contributed by atoms with Crippen LogP contribution in [0.15, 0.2) is 24.5 Å². The number of thiophene rings is 1. The lowest BCUT2D eigenvalue weighted by atomic mass is 10.2. The van der Waals surface area contributed by atoms with E-state index in [1.807, 2.05) is 17.8 Å². The van der Waals surface area contributed by atoms with Gasteiger partial charge in [0.15, 0.2) is 11.7 Å². The minimum absolute atomic E-state index is 0.0645. The fraction of sp³-hybridized carbons (Fsp3) is 0.529. The molecule has 2 heterocycles. The summed E-state index contributed by atoms with van der Waals surface area (Å²) in [7, 11) is 1.94. The van der Waals surface area contributed by atoms with Crippen LogP contribution >= 0.6 is 11.3 Å². The molecule has 9 heteroatoms. The van der Waals surface area contributed by atoms with Crippen LogP contribution in [0.25, 0.3) is 0 Å². The van der Waals surface area contributed by atoms with Gasteiger partial charge in [0.1, 0.15) is 5.82 Å². The molecule has 0 aliphatic heterocycles. The first-order valence-corrected chi connectivity index (χ1v) is 9.10. The standard InChI is InChI=1S/C17H20F3N3O2S/c1-10(13-3-4-15(26-13)25-9-17(18,19)20)22-14(24)8-11-7-12(11)16-21-5-6-23(16)2/h3-6,10-12H,7-9H2,1-2H3,(H,22,24)/t10-,11+,12-/m1/s1. The molecule has 0 radical (unpaired) electrons. The summed E-state index contributed by atoms with van der Waals surface area (Å²) < 4.78 is 43.2. The molecular weight excluding hydrogens is 367 g/mol. The summed E-state index contributed by atoms with van der Waals surface area (Å²) in [6.07, 6.45) is 0.647. The summed E-state index contributed by atoms with van der Waals surface area (Å²) in [5.74, 6) is 1.54. The van der Waals surface area contributed by atoms with E-state index in [-0.39, 0.29) is 22.9 Å². The number of hydrogen-bond acceptors (Lipinski definition) is 4. The van der Waals surface area contributed by atoms with E-state index in [1.165, 1.54) is 6.07 Å². The molecule has 1 fully saturated rings. The molecular formula is C17H20F3N3O2S. The molecule has 2 aromatic heterocycles. The quantitative estimate of drug-likeness (QED) is 0.786. The third kappa shape index (κ3) is 4.78. The highest BCUT2D eigenvalue weighted by atomic mass is 32.1. The van der Waals surface area contributed by atoms with E-state index in [0.717, 1.165) is 28.5 Å². The fourth-order valence-corrected chi connectivity index (χ4v) is 3.79. The molecule has 3 rings (SSSR count). The number of hydrogen-bond donors (Lipinski definition) is 1. The number of carbonyl (C=O) groups is 1. The van der Waals surface area contributed by atoms with E-state index >= 15 is 0 Å². The molecule has 26 heavy (non-hydrogen) atoms.